The van der Waals surface area contributed by atoms with Crippen LogP contribution in [-0.4, -0.2) is 41.0 Å². The SMILES string of the molecule is CCCCCCCC/C=C\CCCCCCCC(=O)O.CCCCCCCC/C=C\CCCCCCCC(=O)[O-].[Sn+2]. The molecule has 0 atom stereocenters. The molecule has 41 heavy (non-hydrogen) atoms. The number of unbranched alkanes of at least 4 members (excludes halogenated alkanes) is 22. The van der Waals surface area contributed by atoms with E-state index in [0.29, 0.717) is 6.42 Å². The summed E-state index contributed by atoms with van der Waals surface area (Å²) in [5.74, 6) is -1.58. The maximum atomic E-state index is 10.3. The number of carbonyl (C=O) groups is 2. The zero-order valence-electron chi connectivity index (χ0n) is 27.3. The van der Waals surface area contributed by atoms with E-state index in [0.717, 1.165) is 32.1 Å². The molecule has 0 heterocycles. The van der Waals surface area contributed by atoms with Gasteiger partial charge in [0.05, 0.1) is 0 Å². The van der Waals surface area contributed by atoms with Crippen molar-refractivity contribution in [1.82, 2.24) is 0 Å². The number of aliphatic carboxylic acids is 2. The summed E-state index contributed by atoms with van der Waals surface area (Å²) in [4.78, 5) is 20.5. The Morgan fingerprint density at radius 1 is 0.463 bits per heavy atom. The van der Waals surface area contributed by atoms with E-state index in [4.69, 9.17) is 5.11 Å². The minimum atomic E-state index is -0.914. The standard InChI is InChI=1S/2C18H34O2.Sn/c2*1-2-3-4-5-6-7-8-9-10-11-12-13-14-15-16-17-18(19)20;/h2*9-10H,2-8,11-17H2,1H3,(H,19,20);/q;;+2/p-1/b2*10-9-;. The summed E-state index contributed by atoms with van der Waals surface area (Å²) in [7, 11) is 0. The van der Waals surface area contributed by atoms with Gasteiger partial charge in [-0.15, -0.1) is 0 Å². The van der Waals surface area contributed by atoms with Gasteiger partial charge in [-0.2, -0.15) is 0 Å². The predicted molar refractivity (Wildman–Crippen MR) is 177 cm³/mol. The summed E-state index contributed by atoms with van der Waals surface area (Å²) in [6, 6.07) is 0. The molecule has 2 radical (unpaired) electrons. The molecule has 0 saturated carbocycles. The molecule has 0 aliphatic rings. The largest absolute Gasteiger partial charge is 2.00 e. The van der Waals surface area contributed by atoms with Crippen molar-refractivity contribution in [3.63, 3.8) is 0 Å². The summed E-state index contributed by atoms with van der Waals surface area (Å²) < 4.78 is 0. The van der Waals surface area contributed by atoms with Gasteiger partial charge in [0.1, 0.15) is 0 Å². The first-order valence-electron chi connectivity index (χ1n) is 17.3. The molecular weight excluding hydrogens is 615 g/mol. The fourth-order valence-electron chi connectivity index (χ4n) is 4.69. The third-order valence-corrected chi connectivity index (χ3v) is 7.30. The first-order valence-corrected chi connectivity index (χ1v) is 17.3. The first-order chi connectivity index (χ1) is 19.5. The molecule has 0 aromatic rings. The van der Waals surface area contributed by atoms with Gasteiger partial charge in [-0.25, -0.2) is 0 Å². The molecule has 0 rings (SSSR count). The van der Waals surface area contributed by atoms with E-state index in [1.54, 1.807) is 0 Å². The minimum Gasteiger partial charge on any atom is -0.550 e. The molecular formula is C36H67O4Sn+. The van der Waals surface area contributed by atoms with Gasteiger partial charge in [0, 0.05) is 12.4 Å². The Labute approximate surface area is 272 Å². The fourth-order valence-corrected chi connectivity index (χ4v) is 4.69. The number of allylic oxidation sites excluding steroid dienone is 4. The van der Waals surface area contributed by atoms with Gasteiger partial charge in [-0.1, -0.05) is 141 Å². The Balaban J connectivity index is -0.000000688. The number of hydrogen-bond acceptors (Lipinski definition) is 3. The molecule has 5 heteroatoms. The molecule has 4 nitrogen and oxygen atoms in total. The van der Waals surface area contributed by atoms with E-state index < -0.39 is 11.9 Å². The molecule has 0 spiro atoms. The molecule has 0 fully saturated rings. The molecule has 0 bridgehead atoms. The third-order valence-electron chi connectivity index (χ3n) is 7.30. The van der Waals surface area contributed by atoms with Crippen molar-refractivity contribution in [3.8, 4) is 0 Å². The Bertz CT molecular complexity index is 524. The van der Waals surface area contributed by atoms with Gasteiger partial charge in [-0.05, 0) is 70.6 Å². The van der Waals surface area contributed by atoms with E-state index in [1.807, 2.05) is 0 Å². The molecule has 0 aliphatic heterocycles. The molecule has 0 saturated heterocycles. The van der Waals surface area contributed by atoms with Crippen LogP contribution in [0.1, 0.15) is 194 Å². The zero-order chi connectivity index (χ0) is 29.8. The Hall–Kier alpha value is -0.781. The second kappa shape index (κ2) is 41.4. The van der Waals surface area contributed by atoms with E-state index in [9.17, 15) is 14.7 Å². The number of carbonyl (C=O) groups excluding carboxylic acids is 1. The van der Waals surface area contributed by atoms with Crippen LogP contribution in [0.3, 0.4) is 0 Å². The zero-order valence-corrected chi connectivity index (χ0v) is 30.1. The maximum Gasteiger partial charge on any atom is 2.00 e. The number of carboxylic acid groups (broad SMARTS) is 2. The second-order valence-corrected chi connectivity index (χ2v) is 11.4. The molecule has 0 aromatic heterocycles. The smallest absolute Gasteiger partial charge is 0.550 e. The normalized spacial score (nSPS) is 11.0. The monoisotopic (exact) mass is 683 g/mol. The van der Waals surface area contributed by atoms with Crippen LogP contribution in [0.15, 0.2) is 24.3 Å². The summed E-state index contributed by atoms with van der Waals surface area (Å²) >= 11 is 0. The van der Waals surface area contributed by atoms with Crippen LogP contribution in [0.4, 0.5) is 0 Å². The van der Waals surface area contributed by atoms with E-state index >= 15 is 0 Å². The topological polar surface area (TPSA) is 77.4 Å². The number of carboxylic acids is 2. The second-order valence-electron chi connectivity index (χ2n) is 11.4. The van der Waals surface area contributed by atoms with Gasteiger partial charge in [0.15, 0.2) is 0 Å². The van der Waals surface area contributed by atoms with Crippen LogP contribution in [0, 0.1) is 0 Å². The van der Waals surface area contributed by atoms with Crippen molar-refractivity contribution in [1.29, 1.82) is 0 Å². The Morgan fingerprint density at radius 3 is 1.02 bits per heavy atom. The van der Waals surface area contributed by atoms with Crippen LogP contribution in [-0.2, 0) is 9.59 Å². The van der Waals surface area contributed by atoms with E-state index in [1.165, 1.54) is 135 Å². The average Bonchev–Trinajstić information content (AvgIpc) is 2.93. The Morgan fingerprint density at radius 2 is 0.732 bits per heavy atom. The summed E-state index contributed by atoms with van der Waals surface area (Å²) in [6.07, 6.45) is 42.1. The van der Waals surface area contributed by atoms with Gasteiger partial charge < -0.3 is 15.0 Å². The summed E-state index contributed by atoms with van der Waals surface area (Å²) in [6.45, 7) is 4.51. The number of rotatable bonds is 30. The average molecular weight is 683 g/mol. The first kappa shape index (κ1) is 44.7. The van der Waals surface area contributed by atoms with Crippen molar-refractivity contribution >= 4 is 35.8 Å². The van der Waals surface area contributed by atoms with Crippen LogP contribution < -0.4 is 5.11 Å². The minimum absolute atomic E-state index is 0. The summed E-state index contributed by atoms with van der Waals surface area (Å²) in [5.41, 5.74) is 0. The Kier molecular flexibility index (Phi) is 45.0. The number of hydrogen-bond donors (Lipinski definition) is 1. The molecule has 0 aromatic carbocycles. The molecule has 0 aliphatic carbocycles. The molecule has 0 amide bonds. The molecule has 1 N–H and O–H groups in total. The van der Waals surface area contributed by atoms with Gasteiger partial charge in [0.25, 0.3) is 0 Å². The molecule has 238 valence electrons. The van der Waals surface area contributed by atoms with Crippen LogP contribution >= 0.6 is 0 Å². The van der Waals surface area contributed by atoms with Gasteiger partial charge >= 0.3 is 29.9 Å². The van der Waals surface area contributed by atoms with Crippen molar-refractivity contribution in [2.75, 3.05) is 0 Å². The quantitative estimate of drug-likeness (QED) is 0.0465. The third kappa shape index (κ3) is 49.2. The molecule has 0 unspecified atom stereocenters. The van der Waals surface area contributed by atoms with Crippen LogP contribution in [0.5, 0.6) is 0 Å². The maximum absolute atomic E-state index is 10.3. The van der Waals surface area contributed by atoms with Crippen molar-refractivity contribution in [2.45, 2.75) is 194 Å². The predicted octanol–water partition coefficient (Wildman–Crippen LogP) is 10.5. The van der Waals surface area contributed by atoms with E-state index in [2.05, 4.69) is 38.2 Å². The van der Waals surface area contributed by atoms with Gasteiger partial charge in [-0.3, -0.25) is 4.79 Å². The summed E-state index contributed by atoms with van der Waals surface area (Å²) in [5, 5.41) is 18.7. The van der Waals surface area contributed by atoms with Crippen molar-refractivity contribution < 1.29 is 19.8 Å². The van der Waals surface area contributed by atoms with E-state index in [-0.39, 0.29) is 30.3 Å². The van der Waals surface area contributed by atoms with Crippen LogP contribution in [0.25, 0.3) is 0 Å². The van der Waals surface area contributed by atoms with Crippen molar-refractivity contribution in [3.05, 3.63) is 24.3 Å². The van der Waals surface area contributed by atoms with Crippen LogP contribution in [0.2, 0.25) is 0 Å². The van der Waals surface area contributed by atoms with Gasteiger partial charge in [0.2, 0.25) is 0 Å². The fraction of sp³-hybridized carbons (Fsp3) is 0.833. The van der Waals surface area contributed by atoms with Crippen molar-refractivity contribution in [2.24, 2.45) is 0 Å².